The van der Waals surface area contributed by atoms with Crippen molar-refractivity contribution in [3.8, 4) is 5.75 Å². The van der Waals surface area contributed by atoms with Crippen molar-refractivity contribution in [2.24, 2.45) is 5.41 Å². The molecule has 26 heavy (non-hydrogen) atoms. The second-order valence-corrected chi connectivity index (χ2v) is 6.20. The van der Waals surface area contributed by atoms with Crippen LogP contribution in [0.15, 0.2) is 42.5 Å². The van der Waals surface area contributed by atoms with E-state index < -0.39 is 28.9 Å². The van der Waals surface area contributed by atoms with Gasteiger partial charge in [0.15, 0.2) is 0 Å². The Morgan fingerprint density at radius 1 is 1.08 bits per heavy atom. The highest BCUT2D eigenvalue weighted by molar-refractivity contribution is 6.09. The average molecular weight is 362 g/mol. The van der Waals surface area contributed by atoms with Crippen LogP contribution in [0.2, 0.25) is 0 Å². The van der Waals surface area contributed by atoms with Gasteiger partial charge in [0.05, 0.1) is 12.8 Å². The first-order chi connectivity index (χ1) is 12.3. The largest absolute Gasteiger partial charge is 0.496 e. The number of hydrogen-bond donors (Lipinski definition) is 2. The SMILES string of the molecule is COc1ccccc1CNC(=O)C(C)(C)C(=O)Nc1ccc(F)cc1F. The van der Waals surface area contributed by atoms with E-state index in [1.54, 1.807) is 24.3 Å². The zero-order chi connectivity index (χ0) is 19.3. The fourth-order valence-electron chi connectivity index (χ4n) is 2.22. The summed E-state index contributed by atoms with van der Waals surface area (Å²) in [5, 5.41) is 4.98. The molecule has 0 aliphatic heterocycles. The fourth-order valence-corrected chi connectivity index (χ4v) is 2.22. The van der Waals surface area contributed by atoms with E-state index >= 15 is 0 Å². The number of benzene rings is 2. The first-order valence-corrected chi connectivity index (χ1v) is 7.92. The van der Waals surface area contributed by atoms with Gasteiger partial charge in [0.1, 0.15) is 22.8 Å². The number of ether oxygens (including phenoxy) is 1. The third-order valence-electron chi connectivity index (χ3n) is 3.95. The van der Waals surface area contributed by atoms with E-state index in [1.165, 1.54) is 21.0 Å². The molecule has 0 bridgehead atoms. The molecule has 0 saturated carbocycles. The highest BCUT2D eigenvalue weighted by Crippen LogP contribution is 2.22. The van der Waals surface area contributed by atoms with E-state index in [2.05, 4.69) is 10.6 Å². The van der Waals surface area contributed by atoms with Gasteiger partial charge < -0.3 is 15.4 Å². The summed E-state index contributed by atoms with van der Waals surface area (Å²) in [5.74, 6) is -2.30. The fraction of sp³-hybridized carbons (Fsp3) is 0.263. The summed E-state index contributed by atoms with van der Waals surface area (Å²) in [6, 6.07) is 9.94. The highest BCUT2D eigenvalue weighted by atomic mass is 19.1. The van der Waals surface area contributed by atoms with Gasteiger partial charge in [0.25, 0.3) is 0 Å². The van der Waals surface area contributed by atoms with Crippen molar-refractivity contribution in [1.29, 1.82) is 0 Å². The van der Waals surface area contributed by atoms with Crippen LogP contribution in [-0.2, 0) is 16.1 Å². The molecule has 2 rings (SSSR count). The summed E-state index contributed by atoms with van der Waals surface area (Å²) in [5.41, 5.74) is -0.908. The van der Waals surface area contributed by atoms with E-state index in [0.717, 1.165) is 17.7 Å². The van der Waals surface area contributed by atoms with Gasteiger partial charge in [-0.2, -0.15) is 0 Å². The summed E-state index contributed by atoms with van der Waals surface area (Å²) < 4.78 is 31.8. The second-order valence-electron chi connectivity index (χ2n) is 6.20. The normalized spacial score (nSPS) is 11.0. The van der Waals surface area contributed by atoms with Crippen molar-refractivity contribution >= 4 is 17.5 Å². The van der Waals surface area contributed by atoms with Crippen molar-refractivity contribution in [1.82, 2.24) is 5.32 Å². The van der Waals surface area contributed by atoms with Gasteiger partial charge in [-0.25, -0.2) is 8.78 Å². The Balaban J connectivity index is 2.05. The van der Waals surface area contributed by atoms with Crippen molar-refractivity contribution < 1.29 is 23.1 Å². The van der Waals surface area contributed by atoms with Crippen LogP contribution in [0, 0.1) is 17.0 Å². The predicted molar refractivity (Wildman–Crippen MR) is 93.6 cm³/mol. The Kier molecular flexibility index (Phi) is 5.92. The molecule has 5 nitrogen and oxygen atoms in total. The van der Waals surface area contributed by atoms with Crippen molar-refractivity contribution in [2.75, 3.05) is 12.4 Å². The monoisotopic (exact) mass is 362 g/mol. The molecule has 2 amide bonds. The Hall–Kier alpha value is -2.96. The van der Waals surface area contributed by atoms with Crippen LogP contribution in [0.5, 0.6) is 5.75 Å². The Bertz CT molecular complexity index is 822. The lowest BCUT2D eigenvalue weighted by molar-refractivity contribution is -0.138. The maximum atomic E-state index is 13.7. The van der Waals surface area contributed by atoms with Crippen molar-refractivity contribution in [2.45, 2.75) is 20.4 Å². The van der Waals surface area contributed by atoms with Crippen LogP contribution >= 0.6 is 0 Å². The first-order valence-electron chi connectivity index (χ1n) is 7.92. The molecule has 138 valence electrons. The molecule has 2 aromatic rings. The molecule has 2 aromatic carbocycles. The highest BCUT2D eigenvalue weighted by Gasteiger charge is 2.36. The van der Waals surface area contributed by atoms with Crippen LogP contribution in [-0.4, -0.2) is 18.9 Å². The molecule has 0 fully saturated rings. The van der Waals surface area contributed by atoms with E-state index in [9.17, 15) is 18.4 Å². The minimum absolute atomic E-state index is 0.171. The number of amides is 2. The summed E-state index contributed by atoms with van der Waals surface area (Å²) in [6.45, 7) is 3.01. The third-order valence-corrected chi connectivity index (χ3v) is 3.95. The molecule has 0 atom stereocenters. The molecule has 0 radical (unpaired) electrons. The Labute approximate surface area is 150 Å². The molecule has 0 spiro atoms. The second kappa shape index (κ2) is 7.95. The summed E-state index contributed by atoms with van der Waals surface area (Å²) in [6.07, 6.45) is 0. The molecule has 0 heterocycles. The van der Waals surface area contributed by atoms with E-state index in [4.69, 9.17) is 4.74 Å². The molecule has 2 N–H and O–H groups in total. The van der Waals surface area contributed by atoms with Gasteiger partial charge >= 0.3 is 0 Å². The van der Waals surface area contributed by atoms with Crippen molar-refractivity contribution in [3.05, 3.63) is 59.7 Å². The smallest absolute Gasteiger partial charge is 0.239 e. The number of para-hydroxylation sites is 1. The van der Waals surface area contributed by atoms with Crippen LogP contribution in [0.1, 0.15) is 19.4 Å². The number of rotatable bonds is 6. The average Bonchev–Trinajstić information content (AvgIpc) is 2.61. The zero-order valence-electron chi connectivity index (χ0n) is 14.7. The summed E-state index contributed by atoms with van der Waals surface area (Å²) >= 11 is 0. The molecule has 0 unspecified atom stereocenters. The molecular formula is C19H20F2N2O3. The number of carbonyl (C=O) groups is 2. The minimum atomic E-state index is -1.47. The predicted octanol–water partition coefficient (Wildman–Crippen LogP) is 3.25. The number of nitrogens with one attached hydrogen (secondary N) is 2. The zero-order valence-corrected chi connectivity index (χ0v) is 14.7. The molecule has 0 aliphatic rings. The molecule has 7 heteroatoms. The quantitative estimate of drug-likeness (QED) is 0.775. The summed E-state index contributed by atoms with van der Waals surface area (Å²) in [4.78, 5) is 24.8. The van der Waals surface area contributed by atoms with Crippen LogP contribution in [0.4, 0.5) is 14.5 Å². The number of hydrogen-bond acceptors (Lipinski definition) is 3. The lowest BCUT2D eigenvalue weighted by Crippen LogP contribution is -2.45. The van der Waals surface area contributed by atoms with Gasteiger partial charge in [-0.15, -0.1) is 0 Å². The van der Waals surface area contributed by atoms with Gasteiger partial charge in [-0.05, 0) is 32.0 Å². The Morgan fingerprint density at radius 2 is 1.77 bits per heavy atom. The van der Waals surface area contributed by atoms with Crippen molar-refractivity contribution in [3.63, 3.8) is 0 Å². The van der Waals surface area contributed by atoms with Crippen LogP contribution in [0.25, 0.3) is 0 Å². The topological polar surface area (TPSA) is 67.4 Å². The van der Waals surface area contributed by atoms with E-state index in [1.807, 2.05) is 0 Å². The number of carbonyl (C=O) groups excluding carboxylic acids is 2. The standard InChI is InChI=1S/C19H20F2N2O3/c1-19(2,18(25)23-15-9-8-13(20)10-14(15)21)17(24)22-11-12-6-4-5-7-16(12)26-3/h4-10H,11H2,1-3H3,(H,22,24)(H,23,25). The lowest BCUT2D eigenvalue weighted by Gasteiger charge is -2.23. The van der Waals surface area contributed by atoms with Crippen LogP contribution in [0.3, 0.4) is 0 Å². The van der Waals surface area contributed by atoms with Gasteiger partial charge in [0.2, 0.25) is 11.8 Å². The number of anilines is 1. The lowest BCUT2D eigenvalue weighted by atomic mass is 9.90. The molecule has 0 saturated heterocycles. The van der Waals surface area contributed by atoms with E-state index in [0.29, 0.717) is 11.8 Å². The Morgan fingerprint density at radius 3 is 2.42 bits per heavy atom. The van der Waals surface area contributed by atoms with Gasteiger partial charge in [0, 0.05) is 18.2 Å². The number of methoxy groups -OCH3 is 1. The summed E-state index contributed by atoms with van der Waals surface area (Å²) in [7, 11) is 1.52. The molecule has 0 aromatic heterocycles. The third kappa shape index (κ3) is 4.36. The molecular weight excluding hydrogens is 342 g/mol. The van der Waals surface area contributed by atoms with Crippen LogP contribution < -0.4 is 15.4 Å². The minimum Gasteiger partial charge on any atom is -0.496 e. The maximum absolute atomic E-state index is 13.7. The first kappa shape index (κ1) is 19.4. The number of halogens is 2. The van der Waals surface area contributed by atoms with Gasteiger partial charge in [-0.3, -0.25) is 9.59 Å². The molecule has 0 aliphatic carbocycles. The maximum Gasteiger partial charge on any atom is 0.239 e. The van der Waals surface area contributed by atoms with E-state index in [-0.39, 0.29) is 12.2 Å². The van der Waals surface area contributed by atoms with Gasteiger partial charge in [-0.1, -0.05) is 18.2 Å².